The van der Waals surface area contributed by atoms with Crippen molar-refractivity contribution in [2.75, 3.05) is 0 Å². The molecule has 100 valence electrons. The summed E-state index contributed by atoms with van der Waals surface area (Å²) in [6.07, 6.45) is 0.421. The van der Waals surface area contributed by atoms with Crippen molar-refractivity contribution in [2.45, 2.75) is 25.9 Å². The molecule has 1 saturated carbocycles. The van der Waals surface area contributed by atoms with Crippen LogP contribution < -0.4 is 4.74 Å². The van der Waals surface area contributed by atoms with E-state index < -0.39 is 6.10 Å². The van der Waals surface area contributed by atoms with Crippen molar-refractivity contribution in [3.8, 4) is 17.9 Å². The second-order valence-corrected chi connectivity index (χ2v) is 4.75. The number of carbonyl (C=O) groups excluding carboxylic acids is 2. The average Bonchev–Trinajstić information content (AvgIpc) is 3.27. The Labute approximate surface area is 116 Å². The van der Waals surface area contributed by atoms with Gasteiger partial charge in [-0.05, 0) is 38.0 Å². The fraction of sp³-hybridized carbons (Fsp3) is 0.333. The molecular formula is C15H12N2O3. The Kier molecular flexibility index (Phi) is 3.81. The molecular weight excluding hydrogens is 256 g/mol. The van der Waals surface area contributed by atoms with Gasteiger partial charge in [0.05, 0.1) is 23.3 Å². The van der Waals surface area contributed by atoms with Crippen LogP contribution >= 0.6 is 0 Å². The van der Waals surface area contributed by atoms with E-state index in [4.69, 9.17) is 15.3 Å². The molecule has 0 aliphatic heterocycles. The van der Waals surface area contributed by atoms with Crippen LogP contribution in [0.25, 0.3) is 0 Å². The molecule has 1 aliphatic rings. The van der Waals surface area contributed by atoms with Crippen LogP contribution in [0.3, 0.4) is 0 Å². The van der Waals surface area contributed by atoms with Crippen molar-refractivity contribution in [3.05, 3.63) is 29.3 Å². The molecule has 1 unspecified atom stereocenters. The van der Waals surface area contributed by atoms with Gasteiger partial charge in [-0.25, -0.2) is 0 Å². The lowest BCUT2D eigenvalue weighted by atomic mass is 10.1. The highest BCUT2D eigenvalue weighted by atomic mass is 16.5. The summed E-state index contributed by atoms with van der Waals surface area (Å²) in [5.41, 5.74) is 0.500. The zero-order valence-corrected chi connectivity index (χ0v) is 10.9. The first kappa shape index (κ1) is 13.8. The normalized spacial score (nSPS) is 14.8. The summed E-state index contributed by atoms with van der Waals surface area (Å²) in [6, 6.07) is 8.06. The second-order valence-electron chi connectivity index (χ2n) is 4.75. The molecule has 0 aromatic heterocycles. The van der Waals surface area contributed by atoms with Gasteiger partial charge in [-0.3, -0.25) is 9.59 Å². The predicted molar refractivity (Wildman–Crippen MR) is 68.7 cm³/mol. The van der Waals surface area contributed by atoms with Crippen LogP contribution in [0.5, 0.6) is 5.75 Å². The van der Waals surface area contributed by atoms with E-state index in [9.17, 15) is 9.59 Å². The standard InChI is InChI=1S/C15H12N2O3/c1-9(18)15(14(19)12-2-3-12)20-13-5-10(7-16)4-11(6-13)8-17/h4-6,12,15H,2-3H2,1H3. The van der Waals surface area contributed by atoms with Gasteiger partial charge in [0, 0.05) is 5.92 Å². The van der Waals surface area contributed by atoms with Gasteiger partial charge in [-0.15, -0.1) is 0 Å². The van der Waals surface area contributed by atoms with Gasteiger partial charge in [0.25, 0.3) is 0 Å². The van der Waals surface area contributed by atoms with E-state index in [2.05, 4.69) is 0 Å². The predicted octanol–water partition coefficient (Wildman–Crippen LogP) is 1.75. The number of nitriles is 2. The first-order chi connectivity index (χ1) is 9.55. The highest BCUT2D eigenvalue weighted by Crippen LogP contribution is 2.32. The number of ether oxygens (including phenoxy) is 1. The molecule has 0 bridgehead atoms. The molecule has 1 aliphatic carbocycles. The fourth-order valence-electron chi connectivity index (χ4n) is 1.86. The molecule has 1 fully saturated rings. The number of hydrogen-bond acceptors (Lipinski definition) is 5. The molecule has 0 saturated heterocycles. The molecule has 5 nitrogen and oxygen atoms in total. The average molecular weight is 268 g/mol. The van der Waals surface area contributed by atoms with E-state index >= 15 is 0 Å². The zero-order chi connectivity index (χ0) is 14.7. The molecule has 5 heteroatoms. The molecule has 0 spiro atoms. The van der Waals surface area contributed by atoms with Crippen molar-refractivity contribution in [3.63, 3.8) is 0 Å². The minimum atomic E-state index is -1.15. The summed E-state index contributed by atoms with van der Waals surface area (Å²) < 4.78 is 5.42. The lowest BCUT2D eigenvalue weighted by Crippen LogP contribution is -2.35. The SMILES string of the molecule is CC(=O)C(Oc1cc(C#N)cc(C#N)c1)C(=O)C1CC1. The molecule has 1 atom stereocenters. The number of ketones is 2. The Morgan fingerprint density at radius 1 is 1.20 bits per heavy atom. The smallest absolute Gasteiger partial charge is 0.214 e. The van der Waals surface area contributed by atoms with Crippen LogP contribution in [0.15, 0.2) is 18.2 Å². The maximum absolute atomic E-state index is 12.0. The first-order valence-corrected chi connectivity index (χ1v) is 6.21. The van der Waals surface area contributed by atoms with Crippen molar-refractivity contribution in [1.82, 2.24) is 0 Å². The molecule has 0 amide bonds. The number of Topliss-reactive ketones (excluding diaryl/α,β-unsaturated/α-hetero) is 2. The number of carbonyl (C=O) groups is 2. The van der Waals surface area contributed by atoms with E-state index in [0.29, 0.717) is 0 Å². The van der Waals surface area contributed by atoms with Gasteiger partial charge in [-0.2, -0.15) is 10.5 Å². The number of nitrogens with zero attached hydrogens (tertiary/aromatic N) is 2. The third kappa shape index (κ3) is 3.02. The van der Waals surface area contributed by atoms with Crippen LogP contribution in [0, 0.1) is 28.6 Å². The molecule has 1 aromatic rings. The summed E-state index contributed by atoms with van der Waals surface area (Å²) in [7, 11) is 0. The van der Waals surface area contributed by atoms with Gasteiger partial charge in [0.2, 0.25) is 6.10 Å². The Hall–Kier alpha value is -2.66. The maximum Gasteiger partial charge on any atom is 0.214 e. The minimum Gasteiger partial charge on any atom is -0.475 e. The van der Waals surface area contributed by atoms with Crippen molar-refractivity contribution < 1.29 is 14.3 Å². The van der Waals surface area contributed by atoms with Crippen LogP contribution in [0.4, 0.5) is 0 Å². The van der Waals surface area contributed by atoms with E-state index in [-0.39, 0.29) is 34.4 Å². The quantitative estimate of drug-likeness (QED) is 0.758. The minimum absolute atomic E-state index is 0.0986. The van der Waals surface area contributed by atoms with Crippen molar-refractivity contribution >= 4 is 11.6 Å². The zero-order valence-electron chi connectivity index (χ0n) is 10.9. The Bertz CT molecular complexity index is 616. The molecule has 2 rings (SSSR count). The van der Waals surface area contributed by atoms with E-state index in [0.717, 1.165) is 12.8 Å². The first-order valence-electron chi connectivity index (χ1n) is 6.21. The lowest BCUT2D eigenvalue weighted by Gasteiger charge is -2.15. The van der Waals surface area contributed by atoms with Gasteiger partial charge in [-0.1, -0.05) is 0 Å². The van der Waals surface area contributed by atoms with Gasteiger partial charge >= 0.3 is 0 Å². The van der Waals surface area contributed by atoms with E-state index in [1.54, 1.807) is 0 Å². The van der Waals surface area contributed by atoms with Crippen LogP contribution in [0.1, 0.15) is 30.9 Å². The van der Waals surface area contributed by atoms with Gasteiger partial charge in [0.15, 0.2) is 11.6 Å². The summed E-state index contributed by atoms with van der Waals surface area (Å²) in [5.74, 6) is -0.505. The highest BCUT2D eigenvalue weighted by Gasteiger charge is 2.38. The Morgan fingerprint density at radius 3 is 2.15 bits per heavy atom. The van der Waals surface area contributed by atoms with Crippen molar-refractivity contribution in [1.29, 1.82) is 10.5 Å². The van der Waals surface area contributed by atoms with Crippen molar-refractivity contribution in [2.24, 2.45) is 5.92 Å². The van der Waals surface area contributed by atoms with Gasteiger partial charge in [0.1, 0.15) is 5.75 Å². The summed E-state index contributed by atoms with van der Waals surface area (Å²) in [5, 5.41) is 17.8. The maximum atomic E-state index is 12.0. The van der Waals surface area contributed by atoms with Crippen LogP contribution in [0.2, 0.25) is 0 Å². The summed E-state index contributed by atoms with van der Waals surface area (Å²) in [6.45, 7) is 1.30. The van der Waals surface area contributed by atoms with E-state index in [1.165, 1.54) is 25.1 Å². The molecule has 0 heterocycles. The lowest BCUT2D eigenvalue weighted by molar-refractivity contribution is -0.136. The monoisotopic (exact) mass is 268 g/mol. The van der Waals surface area contributed by atoms with Gasteiger partial charge < -0.3 is 4.74 Å². The molecule has 0 radical (unpaired) electrons. The summed E-state index contributed by atoms with van der Waals surface area (Å²) in [4.78, 5) is 23.5. The topological polar surface area (TPSA) is 90.9 Å². The molecule has 0 N–H and O–H groups in total. The fourth-order valence-corrected chi connectivity index (χ4v) is 1.86. The third-order valence-electron chi connectivity index (χ3n) is 3.03. The Morgan fingerprint density at radius 2 is 1.75 bits per heavy atom. The number of benzene rings is 1. The Balaban J connectivity index is 2.26. The number of hydrogen-bond donors (Lipinski definition) is 0. The number of rotatable bonds is 5. The third-order valence-corrected chi connectivity index (χ3v) is 3.03. The van der Waals surface area contributed by atoms with E-state index in [1.807, 2.05) is 12.1 Å². The summed E-state index contributed by atoms with van der Waals surface area (Å²) >= 11 is 0. The second kappa shape index (κ2) is 5.54. The van der Waals surface area contributed by atoms with Crippen LogP contribution in [-0.4, -0.2) is 17.7 Å². The highest BCUT2D eigenvalue weighted by molar-refractivity contribution is 6.06. The van der Waals surface area contributed by atoms with Crippen LogP contribution in [-0.2, 0) is 9.59 Å². The largest absolute Gasteiger partial charge is 0.475 e. The molecule has 20 heavy (non-hydrogen) atoms. The molecule has 1 aromatic carbocycles.